The Morgan fingerprint density at radius 2 is 2.04 bits per heavy atom. The zero-order valence-corrected chi connectivity index (χ0v) is 17.6. The van der Waals surface area contributed by atoms with E-state index in [9.17, 15) is 4.79 Å². The van der Waals surface area contributed by atoms with E-state index in [2.05, 4.69) is 26.5 Å². The van der Waals surface area contributed by atoms with E-state index in [0.29, 0.717) is 16.7 Å². The van der Waals surface area contributed by atoms with Crippen molar-refractivity contribution in [3.8, 4) is 11.5 Å². The Balaban J connectivity index is 2.10. The first-order valence-corrected chi connectivity index (χ1v) is 10.1. The van der Waals surface area contributed by atoms with Gasteiger partial charge in [0.2, 0.25) is 0 Å². The van der Waals surface area contributed by atoms with E-state index < -0.39 is 5.97 Å². The second-order valence-corrected chi connectivity index (χ2v) is 8.04. The lowest BCUT2D eigenvalue weighted by Gasteiger charge is -2.29. The summed E-state index contributed by atoms with van der Waals surface area (Å²) in [6, 6.07) is 5.59. The van der Waals surface area contributed by atoms with Gasteiger partial charge in [0, 0.05) is 33.0 Å². The molecule has 1 aliphatic carbocycles. The zero-order chi connectivity index (χ0) is 20.3. The minimum Gasteiger partial charge on any atom is -0.496 e. The number of halogens is 1. The molecule has 3 rings (SSSR count). The van der Waals surface area contributed by atoms with Crippen LogP contribution in [0.15, 0.2) is 42.5 Å². The van der Waals surface area contributed by atoms with Gasteiger partial charge in [0.25, 0.3) is 0 Å². The molecule has 0 aromatic heterocycles. The fourth-order valence-corrected chi connectivity index (χ4v) is 4.24. The second-order valence-electron chi connectivity index (χ2n) is 7.60. The number of allylic oxidation sites excluding steroid dienone is 2. The van der Waals surface area contributed by atoms with Crippen LogP contribution < -0.4 is 9.47 Å². The normalized spacial score (nSPS) is 15.6. The maximum absolute atomic E-state index is 12.1. The molecule has 2 aromatic carbocycles. The minimum absolute atomic E-state index is 0.449. The van der Waals surface area contributed by atoms with Crippen LogP contribution in [-0.2, 0) is 17.6 Å². The Kier molecular flexibility index (Phi) is 6.46. The number of fused-ring (bicyclic) bond motifs is 2. The predicted molar refractivity (Wildman–Crippen MR) is 116 cm³/mol. The highest BCUT2D eigenvalue weighted by Crippen LogP contribution is 2.46. The molecule has 0 amide bonds. The lowest BCUT2D eigenvalue weighted by Crippen LogP contribution is -2.18. The van der Waals surface area contributed by atoms with Crippen LogP contribution in [0, 0.1) is 5.92 Å². The molecule has 1 aliphatic rings. The van der Waals surface area contributed by atoms with Crippen LogP contribution in [0.1, 0.15) is 44.2 Å². The SMILES string of the molecule is C=CC(=O)Oc1c2c(c(OC)c3cc(Cl)ccc13)CCC(CCC=C(C)C)C2. The van der Waals surface area contributed by atoms with Gasteiger partial charge in [0.1, 0.15) is 11.5 Å². The number of methoxy groups -OCH3 is 1. The second kappa shape index (κ2) is 8.83. The summed E-state index contributed by atoms with van der Waals surface area (Å²) in [5, 5.41) is 2.35. The van der Waals surface area contributed by atoms with E-state index in [1.54, 1.807) is 7.11 Å². The fourth-order valence-electron chi connectivity index (χ4n) is 4.07. The standard InChI is InChI=1S/C24H27ClO3/c1-5-22(26)28-24-19-12-10-17(25)14-21(19)23(27-4)18-11-9-16(13-20(18)24)8-6-7-15(2)3/h5,7,10,12,14,16H,1,6,8-9,11,13H2,2-4H3. The lowest BCUT2D eigenvalue weighted by molar-refractivity contribution is -0.128. The molecule has 0 fully saturated rings. The number of hydrogen-bond donors (Lipinski definition) is 0. The van der Waals surface area contributed by atoms with Crippen LogP contribution >= 0.6 is 11.6 Å². The Morgan fingerprint density at radius 3 is 2.71 bits per heavy atom. The van der Waals surface area contributed by atoms with Crippen molar-refractivity contribution >= 4 is 28.3 Å². The highest BCUT2D eigenvalue weighted by atomic mass is 35.5. The molecule has 28 heavy (non-hydrogen) atoms. The molecule has 2 aromatic rings. The van der Waals surface area contributed by atoms with Crippen molar-refractivity contribution in [3.63, 3.8) is 0 Å². The number of benzene rings is 2. The summed E-state index contributed by atoms with van der Waals surface area (Å²) in [4.78, 5) is 12.1. The van der Waals surface area contributed by atoms with Crippen LogP contribution in [0.3, 0.4) is 0 Å². The fraction of sp³-hybridized carbons (Fsp3) is 0.375. The third kappa shape index (κ3) is 4.25. The van der Waals surface area contributed by atoms with Crippen LogP contribution in [0.25, 0.3) is 10.8 Å². The van der Waals surface area contributed by atoms with Gasteiger partial charge in [0.15, 0.2) is 0 Å². The van der Waals surface area contributed by atoms with Gasteiger partial charge in [0.05, 0.1) is 7.11 Å². The summed E-state index contributed by atoms with van der Waals surface area (Å²) >= 11 is 6.24. The van der Waals surface area contributed by atoms with E-state index >= 15 is 0 Å². The number of ether oxygens (including phenoxy) is 2. The van der Waals surface area contributed by atoms with Gasteiger partial charge in [-0.15, -0.1) is 0 Å². The molecule has 0 N–H and O–H groups in total. The van der Waals surface area contributed by atoms with Crippen molar-refractivity contribution in [2.75, 3.05) is 7.11 Å². The van der Waals surface area contributed by atoms with E-state index in [4.69, 9.17) is 21.1 Å². The first kappa shape index (κ1) is 20.5. The highest BCUT2D eigenvalue weighted by Gasteiger charge is 2.28. The maximum Gasteiger partial charge on any atom is 0.335 e. The minimum atomic E-state index is -0.449. The van der Waals surface area contributed by atoms with Crippen LogP contribution in [0.5, 0.6) is 11.5 Å². The summed E-state index contributed by atoms with van der Waals surface area (Å²) in [5.74, 6) is 1.57. The first-order valence-electron chi connectivity index (χ1n) is 9.73. The molecule has 0 saturated heterocycles. The third-order valence-electron chi connectivity index (χ3n) is 5.38. The Bertz CT molecular complexity index is 939. The Hall–Kier alpha value is -2.26. The number of esters is 1. The molecule has 4 heteroatoms. The van der Waals surface area contributed by atoms with Crippen molar-refractivity contribution in [3.05, 3.63) is 58.7 Å². The zero-order valence-electron chi connectivity index (χ0n) is 16.8. The first-order chi connectivity index (χ1) is 13.4. The summed E-state index contributed by atoms with van der Waals surface area (Å²) in [6.07, 6.45) is 8.57. The van der Waals surface area contributed by atoms with Crippen LogP contribution in [-0.4, -0.2) is 13.1 Å². The molecule has 148 valence electrons. The van der Waals surface area contributed by atoms with Crippen molar-refractivity contribution in [2.45, 2.75) is 46.0 Å². The van der Waals surface area contributed by atoms with Gasteiger partial charge in [-0.05, 0) is 70.1 Å². The molecular weight excluding hydrogens is 372 g/mol. The van der Waals surface area contributed by atoms with E-state index in [0.717, 1.165) is 59.8 Å². The van der Waals surface area contributed by atoms with Crippen LogP contribution in [0.4, 0.5) is 0 Å². The van der Waals surface area contributed by atoms with Crippen molar-refractivity contribution in [1.29, 1.82) is 0 Å². The Morgan fingerprint density at radius 1 is 1.25 bits per heavy atom. The van der Waals surface area contributed by atoms with Crippen molar-refractivity contribution in [2.24, 2.45) is 5.92 Å². The third-order valence-corrected chi connectivity index (χ3v) is 5.61. The van der Waals surface area contributed by atoms with Gasteiger partial charge in [-0.1, -0.05) is 29.8 Å². The molecule has 1 atom stereocenters. The Labute approximate surface area is 172 Å². The summed E-state index contributed by atoms with van der Waals surface area (Å²) in [5.41, 5.74) is 3.55. The van der Waals surface area contributed by atoms with Crippen molar-refractivity contribution in [1.82, 2.24) is 0 Å². The number of carbonyl (C=O) groups is 1. The summed E-state index contributed by atoms with van der Waals surface area (Å²) in [7, 11) is 1.69. The average Bonchev–Trinajstić information content (AvgIpc) is 2.67. The summed E-state index contributed by atoms with van der Waals surface area (Å²) in [6.45, 7) is 7.80. The molecule has 1 unspecified atom stereocenters. The molecular formula is C24H27ClO3. The van der Waals surface area contributed by atoms with Gasteiger partial charge in [-0.2, -0.15) is 0 Å². The molecule has 0 spiro atoms. The van der Waals surface area contributed by atoms with Gasteiger partial charge in [-0.25, -0.2) is 4.79 Å². The molecule has 0 aliphatic heterocycles. The number of carbonyl (C=O) groups excluding carboxylic acids is 1. The molecule has 3 nitrogen and oxygen atoms in total. The van der Waals surface area contributed by atoms with Gasteiger partial charge < -0.3 is 9.47 Å². The predicted octanol–water partition coefficient (Wildman–Crippen LogP) is 6.44. The van der Waals surface area contributed by atoms with Gasteiger partial charge in [-0.3, -0.25) is 0 Å². The van der Waals surface area contributed by atoms with E-state index in [1.807, 2.05) is 18.2 Å². The maximum atomic E-state index is 12.1. The van der Waals surface area contributed by atoms with Crippen molar-refractivity contribution < 1.29 is 14.3 Å². The molecule has 0 radical (unpaired) electrons. The van der Waals surface area contributed by atoms with Gasteiger partial charge >= 0.3 is 5.97 Å². The average molecular weight is 399 g/mol. The molecule has 0 saturated carbocycles. The largest absolute Gasteiger partial charge is 0.496 e. The summed E-state index contributed by atoms with van der Waals surface area (Å²) < 4.78 is 11.5. The number of rotatable bonds is 6. The molecule has 0 heterocycles. The quantitative estimate of drug-likeness (QED) is 0.243. The van der Waals surface area contributed by atoms with Crippen LogP contribution in [0.2, 0.25) is 5.02 Å². The monoisotopic (exact) mass is 398 g/mol. The van der Waals surface area contributed by atoms with E-state index in [1.165, 1.54) is 11.6 Å². The van der Waals surface area contributed by atoms with E-state index in [-0.39, 0.29) is 0 Å². The smallest absolute Gasteiger partial charge is 0.335 e. The number of hydrogen-bond acceptors (Lipinski definition) is 3. The topological polar surface area (TPSA) is 35.5 Å². The lowest BCUT2D eigenvalue weighted by atomic mass is 9.79. The highest BCUT2D eigenvalue weighted by molar-refractivity contribution is 6.31. The molecule has 0 bridgehead atoms.